The molecule has 106 valence electrons. The first-order valence-corrected chi connectivity index (χ1v) is 7.14. The molecule has 0 radical (unpaired) electrons. The Morgan fingerprint density at radius 1 is 1.47 bits per heavy atom. The zero-order chi connectivity index (χ0) is 13.7. The lowest BCUT2D eigenvalue weighted by Gasteiger charge is -2.19. The Kier molecular flexibility index (Phi) is 5.02. The first-order valence-electron chi connectivity index (χ1n) is 7.14. The Balaban J connectivity index is 1.80. The molecule has 0 bridgehead atoms. The van der Waals surface area contributed by atoms with E-state index in [1.807, 2.05) is 12.3 Å². The molecule has 1 N–H and O–H groups in total. The third kappa shape index (κ3) is 4.10. The van der Waals surface area contributed by atoms with Gasteiger partial charge < -0.3 is 15.0 Å². The lowest BCUT2D eigenvalue weighted by Crippen LogP contribution is -2.28. The summed E-state index contributed by atoms with van der Waals surface area (Å²) in [4.78, 5) is 6.68. The second-order valence-electron chi connectivity index (χ2n) is 5.71. The van der Waals surface area contributed by atoms with Gasteiger partial charge in [-0.3, -0.25) is 0 Å². The van der Waals surface area contributed by atoms with Crippen molar-refractivity contribution in [3.63, 3.8) is 0 Å². The van der Waals surface area contributed by atoms with Crippen LogP contribution in [0, 0.1) is 11.8 Å². The van der Waals surface area contributed by atoms with Gasteiger partial charge in [0.2, 0.25) is 5.88 Å². The third-order valence-electron chi connectivity index (χ3n) is 3.57. The van der Waals surface area contributed by atoms with Crippen molar-refractivity contribution in [3.05, 3.63) is 18.3 Å². The van der Waals surface area contributed by atoms with Crippen molar-refractivity contribution in [2.45, 2.75) is 20.3 Å². The Morgan fingerprint density at radius 3 is 2.95 bits per heavy atom. The Morgan fingerprint density at radius 2 is 2.32 bits per heavy atom. The topological polar surface area (TPSA) is 37.4 Å². The average molecular weight is 263 g/mol. The molecule has 1 aliphatic heterocycles. The van der Waals surface area contributed by atoms with Gasteiger partial charge in [-0.15, -0.1) is 0 Å². The van der Waals surface area contributed by atoms with Crippen molar-refractivity contribution >= 4 is 5.69 Å². The molecule has 4 nitrogen and oxygen atoms in total. The molecule has 1 saturated heterocycles. The van der Waals surface area contributed by atoms with Gasteiger partial charge in [0.25, 0.3) is 0 Å². The quantitative estimate of drug-likeness (QED) is 0.853. The molecule has 0 aromatic carbocycles. The molecule has 1 fully saturated rings. The molecule has 1 aliphatic rings. The fraction of sp³-hybridized carbons (Fsp3) is 0.667. The van der Waals surface area contributed by atoms with Crippen molar-refractivity contribution in [3.8, 4) is 5.88 Å². The zero-order valence-electron chi connectivity index (χ0n) is 12.2. The number of aromatic nitrogens is 1. The average Bonchev–Trinajstić information content (AvgIpc) is 2.87. The molecular weight excluding hydrogens is 238 g/mol. The predicted octanol–water partition coefficient (Wildman–Crippen LogP) is 2.16. The van der Waals surface area contributed by atoms with Crippen molar-refractivity contribution < 1.29 is 4.74 Å². The number of nitrogens with zero attached hydrogens (tertiary/aromatic N) is 2. The Bertz CT molecular complexity index is 377. The summed E-state index contributed by atoms with van der Waals surface area (Å²) >= 11 is 0. The summed E-state index contributed by atoms with van der Waals surface area (Å²) < 4.78 is 5.09. The highest BCUT2D eigenvalue weighted by Gasteiger charge is 2.22. The molecule has 19 heavy (non-hydrogen) atoms. The van der Waals surface area contributed by atoms with Crippen molar-refractivity contribution in [2.75, 3.05) is 38.2 Å². The van der Waals surface area contributed by atoms with Crippen LogP contribution >= 0.6 is 0 Å². The highest BCUT2D eigenvalue weighted by atomic mass is 16.5. The van der Waals surface area contributed by atoms with E-state index >= 15 is 0 Å². The first-order chi connectivity index (χ1) is 9.19. The molecule has 0 spiro atoms. The maximum absolute atomic E-state index is 5.09. The van der Waals surface area contributed by atoms with Crippen LogP contribution in [0.1, 0.15) is 20.3 Å². The number of hydrogen-bond acceptors (Lipinski definition) is 4. The summed E-state index contributed by atoms with van der Waals surface area (Å²) in [6.07, 6.45) is 3.17. The van der Waals surface area contributed by atoms with Gasteiger partial charge in [0.1, 0.15) is 0 Å². The van der Waals surface area contributed by atoms with E-state index in [-0.39, 0.29) is 0 Å². The molecule has 0 amide bonds. The fourth-order valence-electron chi connectivity index (χ4n) is 2.49. The van der Waals surface area contributed by atoms with Gasteiger partial charge in [-0.2, -0.15) is 0 Å². The molecule has 1 unspecified atom stereocenters. The van der Waals surface area contributed by atoms with Gasteiger partial charge in [-0.25, -0.2) is 4.98 Å². The molecule has 2 heterocycles. The van der Waals surface area contributed by atoms with Crippen molar-refractivity contribution in [2.24, 2.45) is 11.8 Å². The monoisotopic (exact) mass is 263 g/mol. The van der Waals surface area contributed by atoms with Gasteiger partial charge in [0, 0.05) is 19.2 Å². The third-order valence-corrected chi connectivity index (χ3v) is 3.57. The van der Waals surface area contributed by atoms with Crippen LogP contribution in [0.3, 0.4) is 0 Å². The van der Waals surface area contributed by atoms with E-state index < -0.39 is 0 Å². The van der Waals surface area contributed by atoms with Crippen LogP contribution in [-0.4, -0.2) is 38.3 Å². The van der Waals surface area contributed by atoms with Crippen LogP contribution in [-0.2, 0) is 0 Å². The molecular formula is C15H25N3O. The molecule has 1 aromatic heterocycles. The molecule has 4 heteroatoms. The van der Waals surface area contributed by atoms with E-state index in [4.69, 9.17) is 4.74 Å². The first kappa shape index (κ1) is 14.1. The minimum atomic E-state index is 0.679. The van der Waals surface area contributed by atoms with Gasteiger partial charge in [-0.05, 0) is 37.4 Å². The number of rotatable bonds is 6. The maximum atomic E-state index is 5.09. The lowest BCUT2D eigenvalue weighted by atomic mass is 10.1. The summed E-state index contributed by atoms with van der Waals surface area (Å²) in [7, 11) is 1.65. The highest BCUT2D eigenvalue weighted by molar-refractivity contribution is 5.46. The second-order valence-corrected chi connectivity index (χ2v) is 5.71. The SMILES string of the molecule is COc1ccc(N2CCC(CNCC(C)C)C2)cn1. The minimum Gasteiger partial charge on any atom is -0.481 e. The van der Waals surface area contributed by atoms with Crippen LogP contribution in [0.15, 0.2) is 18.3 Å². The second kappa shape index (κ2) is 6.75. The van der Waals surface area contributed by atoms with E-state index in [1.54, 1.807) is 7.11 Å². The maximum Gasteiger partial charge on any atom is 0.213 e. The molecule has 0 saturated carbocycles. The summed E-state index contributed by atoms with van der Waals surface area (Å²) in [5.74, 6) is 2.15. The normalized spacial score (nSPS) is 19.2. The van der Waals surface area contributed by atoms with Crippen molar-refractivity contribution in [1.29, 1.82) is 0 Å². The molecule has 2 rings (SSSR count). The van der Waals surface area contributed by atoms with E-state index in [1.165, 1.54) is 12.1 Å². The summed E-state index contributed by atoms with van der Waals surface area (Å²) in [6.45, 7) is 8.98. The number of anilines is 1. The van der Waals surface area contributed by atoms with Gasteiger partial charge in [0.15, 0.2) is 0 Å². The molecule has 1 aromatic rings. The van der Waals surface area contributed by atoms with Crippen LogP contribution < -0.4 is 15.0 Å². The number of ether oxygens (including phenoxy) is 1. The summed E-state index contributed by atoms with van der Waals surface area (Å²) in [5.41, 5.74) is 1.20. The summed E-state index contributed by atoms with van der Waals surface area (Å²) in [6, 6.07) is 4.02. The standard InChI is InChI=1S/C15H25N3O/c1-12(2)8-16-9-13-6-7-18(11-13)14-4-5-15(19-3)17-10-14/h4-5,10,12-13,16H,6-9,11H2,1-3H3. The van der Waals surface area contributed by atoms with Crippen LogP contribution in [0.5, 0.6) is 5.88 Å². The molecule has 0 aliphatic carbocycles. The largest absolute Gasteiger partial charge is 0.481 e. The van der Waals surface area contributed by atoms with Crippen LogP contribution in [0.2, 0.25) is 0 Å². The lowest BCUT2D eigenvalue weighted by molar-refractivity contribution is 0.398. The summed E-state index contributed by atoms with van der Waals surface area (Å²) in [5, 5.41) is 3.55. The van der Waals surface area contributed by atoms with Gasteiger partial charge in [0.05, 0.1) is 19.0 Å². The Hall–Kier alpha value is -1.29. The van der Waals surface area contributed by atoms with E-state index in [0.717, 1.165) is 38.0 Å². The van der Waals surface area contributed by atoms with Gasteiger partial charge in [-0.1, -0.05) is 13.8 Å². The smallest absolute Gasteiger partial charge is 0.213 e. The van der Waals surface area contributed by atoms with Gasteiger partial charge >= 0.3 is 0 Å². The highest BCUT2D eigenvalue weighted by Crippen LogP contribution is 2.23. The zero-order valence-corrected chi connectivity index (χ0v) is 12.2. The number of methoxy groups -OCH3 is 1. The fourth-order valence-corrected chi connectivity index (χ4v) is 2.49. The minimum absolute atomic E-state index is 0.679. The van der Waals surface area contributed by atoms with Crippen molar-refractivity contribution in [1.82, 2.24) is 10.3 Å². The van der Waals surface area contributed by atoms with Crippen LogP contribution in [0.4, 0.5) is 5.69 Å². The molecule has 1 atom stereocenters. The number of hydrogen-bond donors (Lipinski definition) is 1. The number of pyridine rings is 1. The van der Waals surface area contributed by atoms with E-state index in [9.17, 15) is 0 Å². The van der Waals surface area contributed by atoms with Crippen LogP contribution in [0.25, 0.3) is 0 Å². The number of nitrogens with one attached hydrogen (secondary N) is 1. The predicted molar refractivity (Wildman–Crippen MR) is 78.8 cm³/mol. The van der Waals surface area contributed by atoms with E-state index in [0.29, 0.717) is 5.88 Å². The Labute approximate surface area is 116 Å². The van der Waals surface area contributed by atoms with E-state index in [2.05, 4.69) is 35.1 Å².